The van der Waals surface area contributed by atoms with Gasteiger partial charge in [-0.25, -0.2) is 0 Å². The van der Waals surface area contributed by atoms with E-state index in [4.69, 9.17) is 0 Å². The highest BCUT2D eigenvalue weighted by molar-refractivity contribution is 8.22. The molecule has 4 nitrogen and oxygen atoms in total. The fraction of sp³-hybridized carbons (Fsp3) is 0.913. The summed E-state index contributed by atoms with van der Waals surface area (Å²) in [6.45, 7) is 4.74. The van der Waals surface area contributed by atoms with E-state index in [2.05, 4.69) is 46.8 Å². The highest BCUT2D eigenvalue weighted by Gasteiger charge is 2.39. The summed E-state index contributed by atoms with van der Waals surface area (Å²) in [6, 6.07) is 0. The Morgan fingerprint density at radius 3 is 1.38 bits per heavy atom. The van der Waals surface area contributed by atoms with Crippen molar-refractivity contribution in [2.75, 3.05) is 14.2 Å². The Hall–Kier alpha value is -0.360. The largest absolute Gasteiger partial charge is 0.469 e. The first-order chi connectivity index (χ1) is 13.9. The molecule has 0 N–H and O–H groups in total. The Morgan fingerprint density at radius 2 is 1.00 bits per heavy atom. The van der Waals surface area contributed by atoms with Crippen LogP contribution in [0.15, 0.2) is 0 Å². The molecular weight excluding hydrogens is 404 g/mol. The van der Waals surface area contributed by atoms with Crippen LogP contribution in [0.4, 0.5) is 0 Å². The standard InChI is InChI=1S/C23H42O4S2/c1-23(2)28-19(15-11-7-5-9-13-17-21(24)26-3)20(29-23)16-12-8-6-10-14-18-22(25)27-4/h19-20H,5-18H2,1-4H3/t19-,20-/m0/s1. The summed E-state index contributed by atoms with van der Waals surface area (Å²) < 4.78 is 9.72. The van der Waals surface area contributed by atoms with Gasteiger partial charge in [0, 0.05) is 23.3 Å². The van der Waals surface area contributed by atoms with Crippen molar-refractivity contribution in [3.63, 3.8) is 0 Å². The summed E-state index contributed by atoms with van der Waals surface area (Å²) in [5.74, 6) is -0.171. The Kier molecular flexibility index (Phi) is 14.2. The predicted octanol–water partition coefficient (Wildman–Crippen LogP) is 6.75. The van der Waals surface area contributed by atoms with E-state index >= 15 is 0 Å². The van der Waals surface area contributed by atoms with E-state index in [9.17, 15) is 9.59 Å². The summed E-state index contributed by atoms with van der Waals surface area (Å²) in [7, 11) is 2.92. The third-order valence-corrected chi connectivity index (χ3v) is 9.10. The van der Waals surface area contributed by atoms with Gasteiger partial charge in [0.25, 0.3) is 0 Å². The summed E-state index contributed by atoms with van der Waals surface area (Å²) in [6.07, 6.45) is 15.5. The van der Waals surface area contributed by atoms with Crippen molar-refractivity contribution in [3.05, 3.63) is 0 Å². The highest BCUT2D eigenvalue weighted by Crippen LogP contribution is 2.54. The van der Waals surface area contributed by atoms with E-state index < -0.39 is 0 Å². The quantitative estimate of drug-likeness (QED) is 0.193. The number of carbonyl (C=O) groups is 2. The van der Waals surface area contributed by atoms with Gasteiger partial charge in [0.1, 0.15) is 0 Å². The van der Waals surface area contributed by atoms with Crippen LogP contribution >= 0.6 is 23.5 Å². The van der Waals surface area contributed by atoms with Crippen LogP contribution in [-0.4, -0.2) is 40.7 Å². The lowest BCUT2D eigenvalue weighted by atomic mass is 10.0. The van der Waals surface area contributed by atoms with Gasteiger partial charge in [-0.15, -0.1) is 23.5 Å². The highest BCUT2D eigenvalue weighted by atomic mass is 32.2. The first kappa shape index (κ1) is 26.7. The number of hydrogen-bond donors (Lipinski definition) is 0. The van der Waals surface area contributed by atoms with Crippen LogP contribution in [-0.2, 0) is 19.1 Å². The zero-order chi connectivity index (χ0) is 21.5. The molecular formula is C23H42O4S2. The third kappa shape index (κ3) is 12.8. The van der Waals surface area contributed by atoms with E-state index in [1.165, 1.54) is 65.6 Å². The zero-order valence-electron chi connectivity index (χ0n) is 19.0. The van der Waals surface area contributed by atoms with Gasteiger partial charge in [0.05, 0.1) is 18.3 Å². The molecule has 0 radical (unpaired) electrons. The summed E-state index contributed by atoms with van der Waals surface area (Å²) in [5, 5.41) is 1.56. The van der Waals surface area contributed by atoms with Gasteiger partial charge in [-0.05, 0) is 39.5 Å². The lowest BCUT2D eigenvalue weighted by Gasteiger charge is -2.17. The van der Waals surface area contributed by atoms with Crippen LogP contribution in [0.1, 0.15) is 104 Å². The van der Waals surface area contributed by atoms with E-state index in [1.54, 1.807) is 0 Å². The van der Waals surface area contributed by atoms with Gasteiger partial charge < -0.3 is 9.47 Å². The van der Waals surface area contributed by atoms with E-state index in [0.717, 1.165) is 36.2 Å². The minimum Gasteiger partial charge on any atom is -0.469 e. The Balaban J connectivity index is 2.13. The smallest absolute Gasteiger partial charge is 0.305 e. The summed E-state index contributed by atoms with van der Waals surface area (Å²) >= 11 is 4.36. The molecule has 0 spiro atoms. The molecule has 29 heavy (non-hydrogen) atoms. The Labute approximate surface area is 187 Å². The van der Waals surface area contributed by atoms with Gasteiger partial charge in [0.2, 0.25) is 0 Å². The van der Waals surface area contributed by atoms with E-state index in [-0.39, 0.29) is 11.9 Å². The molecule has 2 atom stereocenters. The molecule has 1 rings (SSSR count). The number of esters is 2. The number of hydrogen-bond acceptors (Lipinski definition) is 6. The molecule has 1 saturated heterocycles. The van der Waals surface area contributed by atoms with Crippen molar-refractivity contribution in [1.29, 1.82) is 0 Å². The lowest BCUT2D eigenvalue weighted by molar-refractivity contribution is -0.141. The van der Waals surface area contributed by atoms with Gasteiger partial charge in [-0.2, -0.15) is 0 Å². The van der Waals surface area contributed by atoms with Crippen LogP contribution < -0.4 is 0 Å². The maximum Gasteiger partial charge on any atom is 0.305 e. The molecule has 6 heteroatoms. The van der Waals surface area contributed by atoms with Crippen LogP contribution in [0.5, 0.6) is 0 Å². The molecule has 0 aromatic rings. The second-order valence-electron chi connectivity index (χ2n) is 8.48. The van der Waals surface area contributed by atoms with Gasteiger partial charge >= 0.3 is 11.9 Å². The maximum absolute atomic E-state index is 11.1. The van der Waals surface area contributed by atoms with E-state index in [1.807, 2.05) is 0 Å². The van der Waals surface area contributed by atoms with Crippen molar-refractivity contribution in [2.24, 2.45) is 0 Å². The van der Waals surface area contributed by atoms with Crippen LogP contribution in [0.2, 0.25) is 0 Å². The second-order valence-corrected chi connectivity index (χ2v) is 12.5. The van der Waals surface area contributed by atoms with Crippen molar-refractivity contribution < 1.29 is 19.1 Å². The molecule has 1 heterocycles. The number of carbonyl (C=O) groups excluding carboxylic acids is 2. The van der Waals surface area contributed by atoms with Crippen molar-refractivity contribution >= 4 is 35.5 Å². The molecule has 170 valence electrons. The maximum atomic E-state index is 11.1. The number of methoxy groups -OCH3 is 2. The van der Waals surface area contributed by atoms with Crippen LogP contribution in [0, 0.1) is 0 Å². The van der Waals surface area contributed by atoms with Gasteiger partial charge in [0.15, 0.2) is 0 Å². The second kappa shape index (κ2) is 15.4. The molecule has 1 aliphatic heterocycles. The number of unbranched alkanes of at least 4 members (excludes halogenated alkanes) is 8. The molecule has 0 amide bonds. The molecule has 1 fully saturated rings. The Bertz CT molecular complexity index is 428. The molecule has 0 saturated carbocycles. The zero-order valence-corrected chi connectivity index (χ0v) is 20.6. The number of thioether (sulfide) groups is 2. The average molecular weight is 447 g/mol. The SMILES string of the molecule is COC(=O)CCCCCCC[C@@H]1SC(C)(C)S[C@H]1CCCCCCCC(=O)OC. The third-order valence-electron chi connectivity index (χ3n) is 5.48. The summed E-state index contributed by atoms with van der Waals surface area (Å²) in [4.78, 5) is 22.3. The minimum absolute atomic E-state index is 0.0853. The fourth-order valence-corrected chi connectivity index (χ4v) is 7.79. The van der Waals surface area contributed by atoms with Crippen LogP contribution in [0.25, 0.3) is 0 Å². The molecule has 0 unspecified atom stereocenters. The van der Waals surface area contributed by atoms with Crippen LogP contribution in [0.3, 0.4) is 0 Å². The minimum atomic E-state index is -0.0853. The summed E-state index contributed by atoms with van der Waals surface area (Å²) in [5.41, 5.74) is 0. The Morgan fingerprint density at radius 1 is 0.655 bits per heavy atom. The molecule has 1 aliphatic rings. The number of ether oxygens (including phenoxy) is 2. The average Bonchev–Trinajstić information content (AvgIpc) is 2.99. The first-order valence-corrected chi connectivity index (χ1v) is 13.1. The first-order valence-electron chi connectivity index (χ1n) is 11.4. The van der Waals surface area contributed by atoms with Gasteiger partial charge in [-0.1, -0.05) is 51.4 Å². The predicted molar refractivity (Wildman–Crippen MR) is 126 cm³/mol. The molecule has 0 bridgehead atoms. The van der Waals surface area contributed by atoms with E-state index in [0.29, 0.717) is 16.9 Å². The van der Waals surface area contributed by atoms with Crippen molar-refractivity contribution in [1.82, 2.24) is 0 Å². The lowest BCUT2D eigenvalue weighted by Crippen LogP contribution is -2.15. The number of rotatable bonds is 16. The van der Waals surface area contributed by atoms with Gasteiger partial charge in [-0.3, -0.25) is 9.59 Å². The molecule has 0 aromatic heterocycles. The fourth-order valence-electron chi connectivity index (χ4n) is 3.89. The topological polar surface area (TPSA) is 52.6 Å². The van der Waals surface area contributed by atoms with Crippen molar-refractivity contribution in [3.8, 4) is 0 Å². The molecule has 0 aliphatic carbocycles. The normalized spacial score (nSPS) is 20.6. The van der Waals surface area contributed by atoms with Crippen molar-refractivity contribution in [2.45, 2.75) is 118 Å². The molecule has 0 aromatic carbocycles. The monoisotopic (exact) mass is 446 g/mol.